The van der Waals surface area contributed by atoms with Gasteiger partial charge >= 0.3 is 0 Å². The number of methoxy groups -OCH3 is 2. The number of nitrogens with zero attached hydrogens (tertiary/aromatic N) is 1. The highest BCUT2D eigenvalue weighted by Gasteiger charge is 2.22. The maximum Gasteiger partial charge on any atom is 0.220 e. The Kier molecular flexibility index (Phi) is 7.37. The van der Waals surface area contributed by atoms with Crippen LogP contribution in [0.25, 0.3) is 0 Å². The van der Waals surface area contributed by atoms with E-state index in [-0.39, 0.29) is 5.91 Å². The SMILES string of the molecule is COc1ccc(CCNC(N)=NCCCC(=O)NC2CC2)cc1OC. The van der Waals surface area contributed by atoms with E-state index in [9.17, 15) is 4.79 Å². The van der Waals surface area contributed by atoms with Crippen molar-refractivity contribution in [1.82, 2.24) is 10.6 Å². The Labute approximate surface area is 149 Å². The highest BCUT2D eigenvalue weighted by atomic mass is 16.5. The predicted molar refractivity (Wildman–Crippen MR) is 98.1 cm³/mol. The van der Waals surface area contributed by atoms with E-state index >= 15 is 0 Å². The average molecular weight is 348 g/mol. The number of carbonyl (C=O) groups is 1. The molecule has 1 aromatic carbocycles. The minimum atomic E-state index is 0.109. The fourth-order valence-electron chi connectivity index (χ4n) is 2.39. The van der Waals surface area contributed by atoms with Crippen LogP contribution in [0.15, 0.2) is 23.2 Å². The van der Waals surface area contributed by atoms with Gasteiger partial charge in [0, 0.05) is 25.6 Å². The van der Waals surface area contributed by atoms with Crippen LogP contribution in [0.5, 0.6) is 11.5 Å². The molecule has 138 valence electrons. The molecule has 7 heteroatoms. The highest BCUT2D eigenvalue weighted by Crippen LogP contribution is 2.27. The van der Waals surface area contributed by atoms with Crippen LogP contribution in [0.3, 0.4) is 0 Å². The summed E-state index contributed by atoms with van der Waals surface area (Å²) in [6, 6.07) is 6.25. The van der Waals surface area contributed by atoms with Crippen LogP contribution in [0.2, 0.25) is 0 Å². The Morgan fingerprint density at radius 1 is 1.28 bits per heavy atom. The number of rotatable bonds is 10. The lowest BCUT2D eigenvalue weighted by Gasteiger charge is -2.10. The molecule has 4 N–H and O–H groups in total. The van der Waals surface area contributed by atoms with Crippen LogP contribution in [-0.2, 0) is 11.2 Å². The molecule has 0 atom stereocenters. The lowest BCUT2D eigenvalue weighted by molar-refractivity contribution is -0.121. The summed E-state index contributed by atoms with van der Waals surface area (Å²) in [7, 11) is 3.24. The second kappa shape index (κ2) is 9.76. The molecule has 1 aliphatic rings. The maximum absolute atomic E-state index is 11.5. The van der Waals surface area contributed by atoms with Gasteiger partial charge < -0.3 is 25.8 Å². The third kappa shape index (κ3) is 6.91. The van der Waals surface area contributed by atoms with Gasteiger partial charge in [0.2, 0.25) is 5.91 Å². The van der Waals surface area contributed by atoms with E-state index in [1.165, 1.54) is 0 Å². The van der Waals surface area contributed by atoms with Crippen molar-refractivity contribution in [1.29, 1.82) is 0 Å². The van der Waals surface area contributed by atoms with Gasteiger partial charge in [0.25, 0.3) is 0 Å². The molecule has 0 heterocycles. The number of nitrogens with one attached hydrogen (secondary N) is 2. The Balaban J connectivity index is 1.63. The number of ether oxygens (including phenoxy) is 2. The van der Waals surface area contributed by atoms with Crippen molar-refractivity contribution in [3.8, 4) is 11.5 Å². The number of benzene rings is 1. The molecular weight excluding hydrogens is 320 g/mol. The van der Waals surface area contributed by atoms with Crippen LogP contribution >= 0.6 is 0 Å². The molecule has 0 aromatic heterocycles. The molecule has 0 saturated heterocycles. The smallest absolute Gasteiger partial charge is 0.220 e. The Bertz CT molecular complexity index is 600. The molecule has 1 aliphatic carbocycles. The summed E-state index contributed by atoms with van der Waals surface area (Å²) < 4.78 is 10.5. The Hall–Kier alpha value is -2.44. The maximum atomic E-state index is 11.5. The molecule has 1 fully saturated rings. The van der Waals surface area contributed by atoms with E-state index < -0.39 is 0 Å². The molecular formula is C18H28N4O3. The predicted octanol–water partition coefficient (Wildman–Crippen LogP) is 1.21. The van der Waals surface area contributed by atoms with Crippen molar-refractivity contribution >= 4 is 11.9 Å². The first-order valence-electron chi connectivity index (χ1n) is 8.66. The normalized spacial score (nSPS) is 14.1. The van der Waals surface area contributed by atoms with Crippen LogP contribution in [0, 0.1) is 0 Å². The van der Waals surface area contributed by atoms with Gasteiger partial charge in [-0.3, -0.25) is 9.79 Å². The number of hydrogen-bond acceptors (Lipinski definition) is 4. The second-order valence-corrected chi connectivity index (χ2v) is 6.08. The average Bonchev–Trinajstić information content (AvgIpc) is 3.42. The van der Waals surface area contributed by atoms with Gasteiger partial charge in [0.1, 0.15) is 0 Å². The summed E-state index contributed by atoms with van der Waals surface area (Å²) in [6.07, 6.45) is 4.22. The number of carbonyl (C=O) groups excluding carboxylic acids is 1. The van der Waals surface area contributed by atoms with Crippen molar-refractivity contribution in [3.05, 3.63) is 23.8 Å². The van der Waals surface area contributed by atoms with E-state index in [0.717, 1.165) is 24.8 Å². The number of nitrogens with two attached hydrogens (primary N) is 1. The van der Waals surface area contributed by atoms with Crippen molar-refractivity contribution in [3.63, 3.8) is 0 Å². The van der Waals surface area contributed by atoms with Crippen molar-refractivity contribution < 1.29 is 14.3 Å². The number of aliphatic imine (C=N–C) groups is 1. The molecule has 0 unspecified atom stereocenters. The van der Waals surface area contributed by atoms with E-state index in [0.29, 0.717) is 49.4 Å². The first-order chi connectivity index (χ1) is 12.1. The second-order valence-electron chi connectivity index (χ2n) is 6.08. The number of amides is 1. The van der Waals surface area contributed by atoms with Crippen molar-refractivity contribution in [2.45, 2.75) is 38.1 Å². The fourth-order valence-corrected chi connectivity index (χ4v) is 2.39. The van der Waals surface area contributed by atoms with Crippen LogP contribution in [-0.4, -0.2) is 45.2 Å². The summed E-state index contributed by atoms with van der Waals surface area (Å²) in [4.78, 5) is 15.8. The van der Waals surface area contributed by atoms with Gasteiger partial charge in [-0.05, 0) is 43.4 Å². The Morgan fingerprint density at radius 2 is 2.04 bits per heavy atom. The van der Waals surface area contributed by atoms with Gasteiger partial charge in [-0.25, -0.2) is 0 Å². The molecule has 25 heavy (non-hydrogen) atoms. The monoisotopic (exact) mass is 348 g/mol. The van der Waals surface area contributed by atoms with E-state index in [1.54, 1.807) is 14.2 Å². The van der Waals surface area contributed by atoms with E-state index in [2.05, 4.69) is 15.6 Å². The lowest BCUT2D eigenvalue weighted by atomic mass is 10.1. The summed E-state index contributed by atoms with van der Waals surface area (Å²) in [5, 5.41) is 6.04. The summed E-state index contributed by atoms with van der Waals surface area (Å²) in [5.74, 6) is 1.94. The molecule has 1 saturated carbocycles. The third-order valence-corrected chi connectivity index (χ3v) is 3.95. The highest BCUT2D eigenvalue weighted by molar-refractivity contribution is 5.78. The Morgan fingerprint density at radius 3 is 2.72 bits per heavy atom. The van der Waals surface area contributed by atoms with Gasteiger partial charge in [-0.2, -0.15) is 0 Å². The van der Waals surface area contributed by atoms with Crippen molar-refractivity contribution in [2.75, 3.05) is 27.3 Å². The van der Waals surface area contributed by atoms with Gasteiger partial charge in [0.05, 0.1) is 14.2 Å². The van der Waals surface area contributed by atoms with E-state index in [1.807, 2.05) is 18.2 Å². The molecule has 2 rings (SSSR count). The molecule has 1 amide bonds. The summed E-state index contributed by atoms with van der Waals surface area (Å²) >= 11 is 0. The minimum absolute atomic E-state index is 0.109. The van der Waals surface area contributed by atoms with E-state index in [4.69, 9.17) is 15.2 Å². The van der Waals surface area contributed by atoms with Gasteiger partial charge in [0.15, 0.2) is 17.5 Å². The molecule has 7 nitrogen and oxygen atoms in total. The first-order valence-corrected chi connectivity index (χ1v) is 8.66. The first kappa shape index (κ1) is 18.9. The summed E-state index contributed by atoms with van der Waals surface area (Å²) in [6.45, 7) is 1.22. The summed E-state index contributed by atoms with van der Waals surface area (Å²) in [5.41, 5.74) is 6.96. The van der Waals surface area contributed by atoms with Crippen LogP contribution in [0.1, 0.15) is 31.2 Å². The zero-order valence-corrected chi connectivity index (χ0v) is 15.0. The molecule has 1 aromatic rings. The molecule has 0 aliphatic heterocycles. The fraction of sp³-hybridized carbons (Fsp3) is 0.556. The van der Waals surface area contributed by atoms with Gasteiger partial charge in [-0.1, -0.05) is 6.07 Å². The standard InChI is InChI=1S/C18H28N4O3/c1-24-15-8-5-13(12-16(15)25-2)9-11-21-18(19)20-10-3-4-17(23)22-14-6-7-14/h5,8,12,14H,3-4,6-7,9-11H2,1-2H3,(H,22,23)(H3,19,20,21). The lowest BCUT2D eigenvalue weighted by Crippen LogP contribution is -2.33. The quantitative estimate of drug-likeness (QED) is 0.335. The number of hydrogen-bond donors (Lipinski definition) is 3. The third-order valence-electron chi connectivity index (χ3n) is 3.95. The largest absolute Gasteiger partial charge is 0.493 e. The van der Waals surface area contributed by atoms with Crippen molar-refractivity contribution in [2.24, 2.45) is 10.7 Å². The minimum Gasteiger partial charge on any atom is -0.493 e. The van der Waals surface area contributed by atoms with Gasteiger partial charge in [-0.15, -0.1) is 0 Å². The van der Waals surface area contributed by atoms with Crippen LogP contribution < -0.4 is 25.8 Å². The molecule has 0 bridgehead atoms. The zero-order valence-electron chi connectivity index (χ0n) is 15.0. The molecule has 0 spiro atoms. The molecule has 0 radical (unpaired) electrons. The topological polar surface area (TPSA) is 98.0 Å². The van der Waals surface area contributed by atoms with Crippen LogP contribution in [0.4, 0.5) is 0 Å². The zero-order chi connectivity index (χ0) is 18.1. The number of guanidine groups is 1.